The van der Waals surface area contributed by atoms with Gasteiger partial charge >= 0.3 is 0 Å². The maximum absolute atomic E-state index is 10.3. The van der Waals surface area contributed by atoms with Crippen LogP contribution in [0.3, 0.4) is 0 Å². The molecule has 0 aliphatic heterocycles. The molecule has 0 unspecified atom stereocenters. The standard InChI is InChI=1S/C12H18O/c1-3-10-7-9-5-6-11(10)12(13,4-2)8-9/h3-4,9,11,13H,2,5-8H2,1H3/b10-3-/t9-,11+,12+/m1/s1. The molecule has 13 heavy (non-hydrogen) atoms. The highest BCUT2D eigenvalue weighted by molar-refractivity contribution is 5.23. The van der Waals surface area contributed by atoms with Crippen LogP contribution < -0.4 is 0 Å². The molecule has 0 heterocycles. The summed E-state index contributed by atoms with van der Waals surface area (Å²) in [6, 6.07) is 0. The zero-order valence-electron chi connectivity index (χ0n) is 8.29. The summed E-state index contributed by atoms with van der Waals surface area (Å²) in [4.78, 5) is 0. The summed E-state index contributed by atoms with van der Waals surface area (Å²) in [5.74, 6) is 1.05. The Labute approximate surface area is 80.2 Å². The second-order valence-electron chi connectivity index (χ2n) is 4.46. The van der Waals surface area contributed by atoms with Crippen molar-refractivity contribution in [3.8, 4) is 0 Å². The van der Waals surface area contributed by atoms with E-state index < -0.39 is 5.60 Å². The van der Waals surface area contributed by atoms with Gasteiger partial charge in [-0.1, -0.05) is 17.7 Å². The lowest BCUT2D eigenvalue weighted by molar-refractivity contribution is -0.0321. The lowest BCUT2D eigenvalue weighted by atomic mass is 9.60. The predicted octanol–water partition coefficient (Wildman–Crippen LogP) is 2.67. The first-order valence-electron chi connectivity index (χ1n) is 5.20. The average Bonchev–Trinajstić information content (AvgIpc) is 2.18. The molecule has 1 heteroatoms. The topological polar surface area (TPSA) is 20.2 Å². The minimum atomic E-state index is -0.594. The van der Waals surface area contributed by atoms with Crippen LogP contribution in [0, 0.1) is 11.8 Å². The van der Waals surface area contributed by atoms with Gasteiger partial charge in [0.2, 0.25) is 0 Å². The van der Waals surface area contributed by atoms with Crippen molar-refractivity contribution < 1.29 is 5.11 Å². The molecule has 3 aliphatic carbocycles. The fraction of sp³-hybridized carbons (Fsp3) is 0.667. The molecule has 0 aromatic carbocycles. The molecular weight excluding hydrogens is 160 g/mol. The quantitative estimate of drug-likeness (QED) is 0.612. The van der Waals surface area contributed by atoms with Crippen molar-refractivity contribution in [3.63, 3.8) is 0 Å². The van der Waals surface area contributed by atoms with E-state index in [0.717, 1.165) is 12.8 Å². The monoisotopic (exact) mass is 178 g/mol. The number of fused-ring (bicyclic) bond motifs is 3. The summed E-state index contributed by atoms with van der Waals surface area (Å²) in [5, 5.41) is 10.3. The lowest BCUT2D eigenvalue weighted by Gasteiger charge is -2.48. The van der Waals surface area contributed by atoms with E-state index in [1.54, 1.807) is 6.08 Å². The average molecular weight is 178 g/mol. The molecule has 0 radical (unpaired) electrons. The summed E-state index contributed by atoms with van der Waals surface area (Å²) in [6.07, 6.45) is 8.51. The summed E-state index contributed by atoms with van der Waals surface area (Å²) in [5.41, 5.74) is 0.855. The normalized spacial score (nSPS) is 46.8. The van der Waals surface area contributed by atoms with Gasteiger partial charge < -0.3 is 5.11 Å². The highest BCUT2D eigenvalue weighted by Crippen LogP contribution is 2.50. The Morgan fingerprint density at radius 2 is 2.31 bits per heavy atom. The Morgan fingerprint density at radius 1 is 1.54 bits per heavy atom. The van der Waals surface area contributed by atoms with E-state index in [1.165, 1.54) is 18.4 Å². The van der Waals surface area contributed by atoms with Gasteiger partial charge in [0.05, 0.1) is 5.60 Å². The minimum Gasteiger partial charge on any atom is -0.385 e. The van der Waals surface area contributed by atoms with Crippen molar-refractivity contribution in [3.05, 3.63) is 24.3 Å². The van der Waals surface area contributed by atoms with Crippen LogP contribution in [0.25, 0.3) is 0 Å². The van der Waals surface area contributed by atoms with Gasteiger partial charge in [0, 0.05) is 5.92 Å². The molecule has 2 bridgehead atoms. The lowest BCUT2D eigenvalue weighted by Crippen LogP contribution is -2.47. The zero-order chi connectivity index (χ0) is 9.47. The van der Waals surface area contributed by atoms with Crippen molar-refractivity contribution in [2.24, 2.45) is 11.8 Å². The van der Waals surface area contributed by atoms with Crippen LogP contribution in [0.4, 0.5) is 0 Å². The van der Waals surface area contributed by atoms with Crippen LogP contribution in [-0.4, -0.2) is 10.7 Å². The molecule has 3 rings (SSSR count). The maximum Gasteiger partial charge on any atom is 0.0892 e. The van der Waals surface area contributed by atoms with Crippen molar-refractivity contribution >= 4 is 0 Å². The van der Waals surface area contributed by atoms with E-state index in [-0.39, 0.29) is 0 Å². The third kappa shape index (κ3) is 1.26. The van der Waals surface area contributed by atoms with Crippen molar-refractivity contribution in [1.29, 1.82) is 0 Å². The van der Waals surface area contributed by atoms with Gasteiger partial charge in [-0.25, -0.2) is 0 Å². The minimum absolute atomic E-state index is 0.361. The summed E-state index contributed by atoms with van der Waals surface area (Å²) >= 11 is 0. The van der Waals surface area contributed by atoms with Gasteiger partial charge in [-0.05, 0) is 38.5 Å². The fourth-order valence-electron chi connectivity index (χ4n) is 3.06. The molecule has 1 N–H and O–H groups in total. The smallest absolute Gasteiger partial charge is 0.0892 e. The van der Waals surface area contributed by atoms with Crippen LogP contribution in [0.2, 0.25) is 0 Å². The molecule has 0 aromatic heterocycles. The molecule has 3 aliphatic rings. The van der Waals surface area contributed by atoms with Crippen LogP contribution in [-0.2, 0) is 0 Å². The second-order valence-corrected chi connectivity index (χ2v) is 4.46. The Bertz CT molecular complexity index is 254. The number of hydrogen-bond acceptors (Lipinski definition) is 1. The molecule has 72 valence electrons. The van der Waals surface area contributed by atoms with Crippen LogP contribution in [0.1, 0.15) is 32.6 Å². The first kappa shape index (κ1) is 9.01. The van der Waals surface area contributed by atoms with Crippen LogP contribution in [0.15, 0.2) is 24.3 Å². The predicted molar refractivity (Wildman–Crippen MR) is 54.4 cm³/mol. The molecule has 0 saturated heterocycles. The molecule has 0 aromatic rings. The Morgan fingerprint density at radius 3 is 2.85 bits per heavy atom. The molecule has 3 fully saturated rings. The SMILES string of the molecule is C=C[C@]1(O)C[C@@H]2CC[C@H]1/C(=C\C)C2. The maximum atomic E-state index is 10.3. The number of hydrogen-bond donors (Lipinski definition) is 1. The van der Waals surface area contributed by atoms with E-state index >= 15 is 0 Å². The van der Waals surface area contributed by atoms with Crippen LogP contribution in [0.5, 0.6) is 0 Å². The summed E-state index contributed by atoms with van der Waals surface area (Å²) in [7, 11) is 0. The molecule has 0 amide bonds. The molecule has 0 spiro atoms. The zero-order valence-corrected chi connectivity index (χ0v) is 8.29. The third-order valence-corrected chi connectivity index (χ3v) is 3.78. The Balaban J connectivity index is 2.32. The highest BCUT2D eigenvalue weighted by Gasteiger charge is 2.46. The van der Waals surface area contributed by atoms with Gasteiger partial charge in [-0.3, -0.25) is 0 Å². The van der Waals surface area contributed by atoms with Gasteiger partial charge in [-0.15, -0.1) is 6.58 Å². The largest absolute Gasteiger partial charge is 0.385 e. The summed E-state index contributed by atoms with van der Waals surface area (Å²) in [6.45, 7) is 5.85. The third-order valence-electron chi connectivity index (χ3n) is 3.78. The first-order chi connectivity index (χ1) is 6.19. The number of aliphatic hydroxyl groups is 1. The molecular formula is C12H18O. The Hall–Kier alpha value is -0.560. The van der Waals surface area contributed by atoms with E-state index in [9.17, 15) is 5.11 Å². The van der Waals surface area contributed by atoms with Gasteiger partial charge in [0.25, 0.3) is 0 Å². The van der Waals surface area contributed by atoms with Gasteiger partial charge in [0.1, 0.15) is 0 Å². The molecule has 3 atom stereocenters. The van der Waals surface area contributed by atoms with Gasteiger partial charge in [0.15, 0.2) is 0 Å². The Kier molecular flexibility index (Phi) is 2.07. The molecule has 3 saturated carbocycles. The van der Waals surface area contributed by atoms with E-state index in [1.807, 2.05) is 0 Å². The van der Waals surface area contributed by atoms with E-state index in [4.69, 9.17) is 0 Å². The fourth-order valence-corrected chi connectivity index (χ4v) is 3.06. The first-order valence-corrected chi connectivity index (χ1v) is 5.20. The highest BCUT2D eigenvalue weighted by atomic mass is 16.3. The van der Waals surface area contributed by atoms with E-state index in [2.05, 4.69) is 19.6 Å². The van der Waals surface area contributed by atoms with Crippen LogP contribution >= 0.6 is 0 Å². The summed E-state index contributed by atoms with van der Waals surface area (Å²) < 4.78 is 0. The van der Waals surface area contributed by atoms with Crippen molar-refractivity contribution in [2.75, 3.05) is 0 Å². The van der Waals surface area contributed by atoms with Crippen molar-refractivity contribution in [2.45, 2.75) is 38.2 Å². The van der Waals surface area contributed by atoms with Crippen molar-refractivity contribution in [1.82, 2.24) is 0 Å². The second kappa shape index (κ2) is 2.98. The van der Waals surface area contributed by atoms with Gasteiger partial charge in [-0.2, -0.15) is 0 Å². The number of rotatable bonds is 1. The number of allylic oxidation sites excluding steroid dienone is 1. The van der Waals surface area contributed by atoms with E-state index in [0.29, 0.717) is 11.8 Å². The molecule has 1 nitrogen and oxygen atoms in total.